The van der Waals surface area contributed by atoms with Crippen LogP contribution >= 0.6 is 24.0 Å². The van der Waals surface area contributed by atoms with Crippen LogP contribution in [-0.2, 0) is 6.42 Å². The standard InChI is InChI=1S/C18H24N4.HI/c1-14-9-10-16(13-21-14)11-12-20-18(19-3)22-15(2)17-7-5-4-6-8-17;/h4-10,13,15H,11-12H2,1-3H3,(H2,19,20,22);1H. The van der Waals surface area contributed by atoms with Crippen molar-refractivity contribution in [3.8, 4) is 0 Å². The summed E-state index contributed by atoms with van der Waals surface area (Å²) in [5, 5.41) is 6.75. The maximum Gasteiger partial charge on any atom is 0.191 e. The summed E-state index contributed by atoms with van der Waals surface area (Å²) in [5.74, 6) is 0.816. The number of rotatable bonds is 5. The molecule has 0 amide bonds. The molecule has 0 bridgehead atoms. The van der Waals surface area contributed by atoms with Gasteiger partial charge in [0.25, 0.3) is 0 Å². The van der Waals surface area contributed by atoms with Gasteiger partial charge in [-0.05, 0) is 37.5 Å². The molecule has 0 saturated carbocycles. The molecule has 0 spiro atoms. The van der Waals surface area contributed by atoms with Crippen LogP contribution in [0.4, 0.5) is 0 Å². The van der Waals surface area contributed by atoms with Gasteiger partial charge in [0.05, 0.1) is 6.04 Å². The molecule has 0 aliphatic heterocycles. The topological polar surface area (TPSA) is 49.3 Å². The van der Waals surface area contributed by atoms with Crippen LogP contribution in [0.1, 0.15) is 29.8 Å². The van der Waals surface area contributed by atoms with Gasteiger partial charge in [-0.25, -0.2) is 0 Å². The minimum atomic E-state index is 0. The first-order chi connectivity index (χ1) is 10.7. The lowest BCUT2D eigenvalue weighted by Gasteiger charge is -2.18. The second-order valence-corrected chi connectivity index (χ2v) is 5.33. The molecule has 2 rings (SSSR count). The predicted molar refractivity (Wildman–Crippen MR) is 107 cm³/mol. The highest BCUT2D eigenvalue weighted by Crippen LogP contribution is 2.10. The van der Waals surface area contributed by atoms with Crippen molar-refractivity contribution in [2.45, 2.75) is 26.3 Å². The van der Waals surface area contributed by atoms with E-state index in [1.165, 1.54) is 11.1 Å². The van der Waals surface area contributed by atoms with Crippen molar-refractivity contribution in [1.82, 2.24) is 15.6 Å². The first-order valence-corrected chi connectivity index (χ1v) is 7.62. The van der Waals surface area contributed by atoms with E-state index in [2.05, 4.69) is 45.7 Å². The van der Waals surface area contributed by atoms with Crippen molar-refractivity contribution in [2.24, 2.45) is 4.99 Å². The highest BCUT2D eigenvalue weighted by molar-refractivity contribution is 14.0. The normalized spacial score (nSPS) is 12.2. The van der Waals surface area contributed by atoms with E-state index < -0.39 is 0 Å². The lowest BCUT2D eigenvalue weighted by atomic mass is 10.1. The van der Waals surface area contributed by atoms with Gasteiger partial charge >= 0.3 is 0 Å². The van der Waals surface area contributed by atoms with Crippen molar-refractivity contribution in [2.75, 3.05) is 13.6 Å². The Morgan fingerprint density at radius 1 is 1.17 bits per heavy atom. The lowest BCUT2D eigenvalue weighted by Crippen LogP contribution is -2.39. The summed E-state index contributed by atoms with van der Waals surface area (Å²) < 4.78 is 0. The van der Waals surface area contributed by atoms with Crippen LogP contribution in [0.3, 0.4) is 0 Å². The molecule has 0 radical (unpaired) electrons. The lowest BCUT2D eigenvalue weighted by molar-refractivity contribution is 0.684. The second-order valence-electron chi connectivity index (χ2n) is 5.33. The summed E-state index contributed by atoms with van der Waals surface area (Å²) in [4.78, 5) is 8.59. The number of aryl methyl sites for hydroxylation is 1. The summed E-state index contributed by atoms with van der Waals surface area (Å²) in [6.45, 7) is 4.96. The number of nitrogens with zero attached hydrogens (tertiary/aromatic N) is 2. The van der Waals surface area contributed by atoms with Crippen molar-refractivity contribution in [1.29, 1.82) is 0 Å². The number of aromatic nitrogens is 1. The fourth-order valence-corrected chi connectivity index (χ4v) is 2.20. The maximum atomic E-state index is 4.31. The van der Waals surface area contributed by atoms with E-state index in [-0.39, 0.29) is 30.0 Å². The van der Waals surface area contributed by atoms with E-state index in [1.54, 1.807) is 7.05 Å². The third-order valence-corrected chi connectivity index (χ3v) is 3.56. The summed E-state index contributed by atoms with van der Waals surface area (Å²) in [5.41, 5.74) is 3.52. The van der Waals surface area contributed by atoms with Crippen LogP contribution in [-0.4, -0.2) is 24.5 Å². The molecule has 1 heterocycles. The molecule has 1 atom stereocenters. The zero-order chi connectivity index (χ0) is 15.8. The highest BCUT2D eigenvalue weighted by Gasteiger charge is 2.06. The number of halogens is 1. The smallest absolute Gasteiger partial charge is 0.191 e. The van der Waals surface area contributed by atoms with Crippen LogP contribution in [0.25, 0.3) is 0 Å². The maximum absolute atomic E-state index is 4.31. The summed E-state index contributed by atoms with van der Waals surface area (Å²) in [6.07, 6.45) is 2.85. The highest BCUT2D eigenvalue weighted by atomic mass is 127. The number of hydrogen-bond acceptors (Lipinski definition) is 2. The molecule has 1 aromatic heterocycles. The Morgan fingerprint density at radius 2 is 1.91 bits per heavy atom. The van der Waals surface area contributed by atoms with Gasteiger partial charge in [-0.2, -0.15) is 0 Å². The Hall–Kier alpha value is -1.63. The molecule has 23 heavy (non-hydrogen) atoms. The van der Waals surface area contributed by atoms with E-state index in [4.69, 9.17) is 0 Å². The molecule has 1 unspecified atom stereocenters. The van der Waals surface area contributed by atoms with Gasteiger partial charge in [-0.15, -0.1) is 24.0 Å². The fourth-order valence-electron chi connectivity index (χ4n) is 2.20. The van der Waals surface area contributed by atoms with E-state index in [0.717, 1.165) is 24.6 Å². The summed E-state index contributed by atoms with van der Waals surface area (Å²) in [7, 11) is 1.79. The molecule has 0 aliphatic rings. The largest absolute Gasteiger partial charge is 0.356 e. The molecular formula is C18H25IN4. The predicted octanol–water partition coefficient (Wildman–Crippen LogP) is 3.48. The van der Waals surface area contributed by atoms with Gasteiger partial charge < -0.3 is 10.6 Å². The summed E-state index contributed by atoms with van der Waals surface area (Å²) in [6, 6.07) is 14.7. The molecule has 124 valence electrons. The molecule has 0 fully saturated rings. The average Bonchev–Trinajstić information content (AvgIpc) is 2.56. The van der Waals surface area contributed by atoms with Crippen LogP contribution in [0, 0.1) is 6.92 Å². The summed E-state index contributed by atoms with van der Waals surface area (Å²) >= 11 is 0. The second kappa shape index (κ2) is 10.2. The fraction of sp³-hybridized carbons (Fsp3) is 0.333. The number of pyridine rings is 1. The molecule has 0 aliphatic carbocycles. The zero-order valence-electron chi connectivity index (χ0n) is 13.9. The van der Waals surface area contributed by atoms with Gasteiger partial charge in [-0.3, -0.25) is 9.98 Å². The molecule has 0 saturated heterocycles. The van der Waals surface area contributed by atoms with Crippen molar-refractivity contribution in [3.05, 3.63) is 65.5 Å². The molecule has 5 heteroatoms. The van der Waals surface area contributed by atoms with Gasteiger partial charge in [0.2, 0.25) is 0 Å². The van der Waals surface area contributed by atoms with E-state index in [0.29, 0.717) is 0 Å². The first-order valence-electron chi connectivity index (χ1n) is 7.62. The Bertz CT molecular complexity index is 596. The number of hydrogen-bond donors (Lipinski definition) is 2. The SMILES string of the molecule is CN=C(NCCc1ccc(C)nc1)NC(C)c1ccccc1.I. The van der Waals surface area contributed by atoms with Gasteiger partial charge in [0, 0.05) is 25.5 Å². The van der Waals surface area contributed by atoms with E-state index >= 15 is 0 Å². The minimum absolute atomic E-state index is 0. The third-order valence-electron chi connectivity index (χ3n) is 3.56. The molecule has 2 N–H and O–H groups in total. The number of benzene rings is 1. The van der Waals surface area contributed by atoms with Crippen LogP contribution in [0.15, 0.2) is 53.7 Å². The van der Waals surface area contributed by atoms with Crippen LogP contribution in [0.5, 0.6) is 0 Å². The van der Waals surface area contributed by atoms with Crippen LogP contribution < -0.4 is 10.6 Å². The third kappa shape index (κ3) is 6.56. The first kappa shape index (κ1) is 19.4. The Balaban J connectivity index is 0.00000264. The van der Waals surface area contributed by atoms with Crippen LogP contribution in [0.2, 0.25) is 0 Å². The van der Waals surface area contributed by atoms with Gasteiger partial charge in [0.1, 0.15) is 0 Å². The van der Waals surface area contributed by atoms with Gasteiger partial charge in [-0.1, -0.05) is 36.4 Å². The molecule has 1 aromatic carbocycles. The number of guanidine groups is 1. The van der Waals surface area contributed by atoms with Crippen molar-refractivity contribution >= 4 is 29.9 Å². The van der Waals surface area contributed by atoms with E-state index in [9.17, 15) is 0 Å². The average molecular weight is 424 g/mol. The molecule has 4 nitrogen and oxygen atoms in total. The Kier molecular flexibility index (Phi) is 8.61. The molecular weight excluding hydrogens is 399 g/mol. The monoisotopic (exact) mass is 424 g/mol. The van der Waals surface area contributed by atoms with Crippen molar-refractivity contribution < 1.29 is 0 Å². The van der Waals surface area contributed by atoms with Crippen molar-refractivity contribution in [3.63, 3.8) is 0 Å². The Labute approximate surface area is 155 Å². The number of nitrogens with one attached hydrogen (secondary N) is 2. The minimum Gasteiger partial charge on any atom is -0.356 e. The van der Waals surface area contributed by atoms with E-state index in [1.807, 2.05) is 37.4 Å². The quantitative estimate of drug-likeness (QED) is 0.439. The number of aliphatic imine (C=N–C) groups is 1. The zero-order valence-corrected chi connectivity index (χ0v) is 16.2. The van der Waals surface area contributed by atoms with Gasteiger partial charge in [0.15, 0.2) is 5.96 Å². The molecule has 2 aromatic rings. The Morgan fingerprint density at radius 3 is 2.52 bits per heavy atom.